The molecule has 0 unspecified atom stereocenters. The molecule has 0 amide bonds. The van der Waals surface area contributed by atoms with Crippen molar-refractivity contribution in [2.75, 3.05) is 0 Å². The van der Waals surface area contributed by atoms with Crippen molar-refractivity contribution in [3.05, 3.63) is 17.5 Å². The Morgan fingerprint density at radius 1 is 1.60 bits per heavy atom. The van der Waals surface area contributed by atoms with Gasteiger partial charge in [0, 0.05) is 22.7 Å². The quantitative estimate of drug-likeness (QED) is 0.701. The SMILES string of the molecule is C#CCn1cc2c(n1)C(C)(C)C[C@]2(C)N. The molecule has 0 saturated carbocycles. The van der Waals surface area contributed by atoms with E-state index in [9.17, 15) is 0 Å². The van der Waals surface area contributed by atoms with Crippen LogP contribution in [0, 0.1) is 12.3 Å². The average Bonchev–Trinajstić information content (AvgIpc) is 2.53. The molecule has 1 aromatic rings. The van der Waals surface area contributed by atoms with Crippen molar-refractivity contribution in [2.24, 2.45) is 5.73 Å². The van der Waals surface area contributed by atoms with Gasteiger partial charge < -0.3 is 5.73 Å². The Labute approximate surface area is 90.7 Å². The van der Waals surface area contributed by atoms with Gasteiger partial charge in [0.25, 0.3) is 0 Å². The van der Waals surface area contributed by atoms with Crippen LogP contribution in [-0.2, 0) is 17.5 Å². The predicted octanol–water partition coefficient (Wildman–Crippen LogP) is 1.37. The van der Waals surface area contributed by atoms with Gasteiger partial charge in [-0.15, -0.1) is 6.42 Å². The third-order valence-electron chi connectivity index (χ3n) is 3.08. The molecule has 0 radical (unpaired) electrons. The van der Waals surface area contributed by atoms with Crippen molar-refractivity contribution >= 4 is 0 Å². The Bertz CT molecular complexity index is 401. The molecule has 2 rings (SSSR count). The van der Waals surface area contributed by atoms with Crippen LogP contribution >= 0.6 is 0 Å². The zero-order valence-electron chi connectivity index (χ0n) is 9.54. The van der Waals surface area contributed by atoms with Crippen LogP contribution in [0.2, 0.25) is 0 Å². The van der Waals surface area contributed by atoms with Gasteiger partial charge in [0.2, 0.25) is 0 Å². The molecule has 0 saturated heterocycles. The first kappa shape index (κ1) is 10.3. The van der Waals surface area contributed by atoms with E-state index in [0.29, 0.717) is 6.54 Å². The lowest BCUT2D eigenvalue weighted by molar-refractivity contribution is 0.375. The van der Waals surface area contributed by atoms with Crippen molar-refractivity contribution in [2.45, 2.75) is 44.7 Å². The van der Waals surface area contributed by atoms with Gasteiger partial charge in [-0.05, 0) is 13.3 Å². The summed E-state index contributed by atoms with van der Waals surface area (Å²) >= 11 is 0. The molecule has 0 fully saturated rings. The zero-order chi connectivity index (χ0) is 11.3. The molecular weight excluding hydrogens is 186 g/mol. The number of nitrogens with two attached hydrogens (primary N) is 1. The Balaban J connectivity index is 2.51. The third kappa shape index (κ3) is 1.46. The summed E-state index contributed by atoms with van der Waals surface area (Å²) in [5, 5.41) is 4.52. The molecule has 15 heavy (non-hydrogen) atoms. The highest BCUT2D eigenvalue weighted by Crippen LogP contribution is 2.45. The minimum Gasteiger partial charge on any atom is -0.321 e. The number of nitrogens with zero attached hydrogens (tertiary/aromatic N) is 2. The van der Waals surface area contributed by atoms with Gasteiger partial charge in [0.05, 0.1) is 5.69 Å². The number of hydrogen-bond donors (Lipinski definition) is 1. The topological polar surface area (TPSA) is 43.8 Å². The van der Waals surface area contributed by atoms with Crippen LogP contribution in [0.15, 0.2) is 6.20 Å². The van der Waals surface area contributed by atoms with Crippen molar-refractivity contribution in [3.63, 3.8) is 0 Å². The summed E-state index contributed by atoms with van der Waals surface area (Å²) in [7, 11) is 0. The molecule has 0 bridgehead atoms. The molecule has 1 atom stereocenters. The van der Waals surface area contributed by atoms with E-state index >= 15 is 0 Å². The Morgan fingerprint density at radius 2 is 2.27 bits per heavy atom. The van der Waals surface area contributed by atoms with Crippen LogP contribution in [0.4, 0.5) is 0 Å². The third-order valence-corrected chi connectivity index (χ3v) is 3.08. The molecule has 0 aromatic carbocycles. The van der Waals surface area contributed by atoms with E-state index in [0.717, 1.165) is 17.7 Å². The van der Waals surface area contributed by atoms with Gasteiger partial charge in [-0.1, -0.05) is 19.8 Å². The van der Waals surface area contributed by atoms with E-state index in [-0.39, 0.29) is 11.0 Å². The van der Waals surface area contributed by atoms with Crippen LogP contribution in [0.1, 0.15) is 38.4 Å². The van der Waals surface area contributed by atoms with Gasteiger partial charge in [-0.25, -0.2) is 0 Å². The fraction of sp³-hybridized carbons (Fsp3) is 0.583. The molecule has 3 heteroatoms. The van der Waals surface area contributed by atoms with Crippen LogP contribution < -0.4 is 5.73 Å². The number of terminal acetylenes is 1. The lowest BCUT2D eigenvalue weighted by atomic mass is 9.87. The Hall–Kier alpha value is -1.27. The van der Waals surface area contributed by atoms with Crippen molar-refractivity contribution < 1.29 is 0 Å². The number of hydrogen-bond acceptors (Lipinski definition) is 2. The molecule has 0 spiro atoms. The smallest absolute Gasteiger partial charge is 0.101 e. The molecule has 1 heterocycles. The maximum atomic E-state index is 6.27. The van der Waals surface area contributed by atoms with Gasteiger partial charge in [0.15, 0.2) is 0 Å². The second kappa shape index (κ2) is 2.86. The molecule has 0 aliphatic heterocycles. The van der Waals surface area contributed by atoms with Crippen LogP contribution in [-0.4, -0.2) is 9.78 Å². The van der Waals surface area contributed by atoms with Crippen molar-refractivity contribution in [1.82, 2.24) is 9.78 Å². The monoisotopic (exact) mass is 203 g/mol. The minimum absolute atomic E-state index is 0.0542. The molecule has 1 aromatic heterocycles. The van der Waals surface area contributed by atoms with Crippen molar-refractivity contribution in [3.8, 4) is 12.3 Å². The van der Waals surface area contributed by atoms with E-state index in [1.165, 1.54) is 0 Å². The molecule has 1 aliphatic carbocycles. The van der Waals surface area contributed by atoms with E-state index in [4.69, 9.17) is 12.2 Å². The van der Waals surface area contributed by atoms with E-state index in [2.05, 4.69) is 31.8 Å². The lowest BCUT2D eigenvalue weighted by Crippen LogP contribution is -2.32. The Morgan fingerprint density at radius 3 is 2.80 bits per heavy atom. The number of fused-ring (bicyclic) bond motifs is 1. The van der Waals surface area contributed by atoms with Gasteiger partial charge in [-0.3, -0.25) is 4.68 Å². The van der Waals surface area contributed by atoms with Gasteiger partial charge in [-0.2, -0.15) is 5.10 Å². The first-order valence-corrected chi connectivity index (χ1v) is 5.17. The first-order chi connectivity index (χ1) is 6.87. The zero-order valence-corrected chi connectivity index (χ0v) is 9.54. The highest BCUT2D eigenvalue weighted by atomic mass is 15.3. The second-order valence-electron chi connectivity index (χ2n) is 5.27. The number of rotatable bonds is 1. The van der Waals surface area contributed by atoms with Crippen LogP contribution in [0.3, 0.4) is 0 Å². The van der Waals surface area contributed by atoms with E-state index in [1.54, 1.807) is 4.68 Å². The maximum Gasteiger partial charge on any atom is 0.101 e. The summed E-state index contributed by atoms with van der Waals surface area (Å²) in [5.41, 5.74) is 8.29. The summed E-state index contributed by atoms with van der Waals surface area (Å²) in [4.78, 5) is 0. The largest absolute Gasteiger partial charge is 0.321 e. The predicted molar refractivity (Wildman–Crippen MR) is 60.2 cm³/mol. The molecule has 80 valence electrons. The van der Waals surface area contributed by atoms with Crippen LogP contribution in [0.25, 0.3) is 0 Å². The Kier molecular flexibility index (Phi) is 1.96. The lowest BCUT2D eigenvalue weighted by Gasteiger charge is -2.22. The van der Waals surface area contributed by atoms with Gasteiger partial charge in [0.1, 0.15) is 6.54 Å². The molecular formula is C12H17N3. The maximum absolute atomic E-state index is 6.27. The average molecular weight is 203 g/mol. The number of aromatic nitrogens is 2. The summed E-state index contributed by atoms with van der Waals surface area (Å²) in [6.07, 6.45) is 8.20. The summed E-state index contributed by atoms with van der Waals surface area (Å²) in [6, 6.07) is 0. The normalized spacial score (nSPS) is 27.4. The molecule has 3 nitrogen and oxygen atoms in total. The fourth-order valence-corrected chi connectivity index (χ4v) is 2.61. The summed E-state index contributed by atoms with van der Waals surface area (Å²) in [5.74, 6) is 2.59. The van der Waals surface area contributed by atoms with Gasteiger partial charge >= 0.3 is 0 Å². The second-order valence-corrected chi connectivity index (χ2v) is 5.27. The van der Waals surface area contributed by atoms with Crippen LogP contribution in [0.5, 0.6) is 0 Å². The van der Waals surface area contributed by atoms with E-state index in [1.807, 2.05) is 6.20 Å². The molecule has 2 N–H and O–H groups in total. The highest BCUT2D eigenvalue weighted by Gasteiger charge is 2.45. The van der Waals surface area contributed by atoms with E-state index < -0.39 is 0 Å². The minimum atomic E-state index is -0.272. The highest BCUT2D eigenvalue weighted by molar-refractivity contribution is 5.38. The first-order valence-electron chi connectivity index (χ1n) is 5.17. The van der Waals surface area contributed by atoms with Crippen molar-refractivity contribution in [1.29, 1.82) is 0 Å². The summed E-state index contributed by atoms with van der Waals surface area (Å²) < 4.78 is 1.80. The standard InChI is InChI=1S/C12H17N3/c1-5-6-15-7-9-10(14-15)11(2,3)8-12(9,4)13/h1,7H,6,8,13H2,2-4H3/t12-/m0/s1. The fourth-order valence-electron chi connectivity index (χ4n) is 2.61. The summed E-state index contributed by atoms with van der Waals surface area (Å²) in [6.45, 7) is 6.93. The molecule has 1 aliphatic rings.